The Hall–Kier alpha value is -2.89. The molecule has 2 amide bonds. The fraction of sp³-hybridized carbons (Fsp3) is 0.409. The van der Waals surface area contributed by atoms with Gasteiger partial charge in [0, 0.05) is 31.8 Å². The van der Waals surface area contributed by atoms with E-state index in [4.69, 9.17) is 4.74 Å². The summed E-state index contributed by atoms with van der Waals surface area (Å²) < 4.78 is 5.89. The third-order valence-electron chi connectivity index (χ3n) is 5.44. The van der Waals surface area contributed by atoms with Gasteiger partial charge in [0.15, 0.2) is 0 Å². The normalized spacial score (nSPS) is 21.7. The molecule has 2 atom stereocenters. The number of carbonyl (C=O) groups is 2. The van der Waals surface area contributed by atoms with E-state index in [9.17, 15) is 9.59 Å². The van der Waals surface area contributed by atoms with E-state index < -0.39 is 0 Å². The van der Waals surface area contributed by atoms with Gasteiger partial charge in [-0.2, -0.15) is 0 Å². The van der Waals surface area contributed by atoms with Crippen LogP contribution < -0.4 is 4.74 Å². The maximum absolute atomic E-state index is 13.1. The lowest BCUT2D eigenvalue weighted by Crippen LogP contribution is -2.47. The quantitative estimate of drug-likeness (QED) is 0.800. The highest BCUT2D eigenvalue weighted by atomic mass is 16.5. The van der Waals surface area contributed by atoms with E-state index in [0.29, 0.717) is 31.9 Å². The second-order valence-electron chi connectivity index (χ2n) is 7.39. The van der Waals surface area contributed by atoms with Crippen LogP contribution in [0.2, 0.25) is 0 Å². The lowest BCUT2D eigenvalue weighted by atomic mass is 10.1. The first kappa shape index (κ1) is 18.5. The molecule has 146 valence electrons. The zero-order valence-corrected chi connectivity index (χ0v) is 15.9. The Labute approximate surface area is 165 Å². The molecule has 0 aliphatic carbocycles. The molecule has 2 unspecified atom stereocenters. The lowest BCUT2D eigenvalue weighted by molar-refractivity contribution is -0.143. The van der Waals surface area contributed by atoms with Crippen molar-refractivity contribution >= 4 is 11.8 Å². The number of ether oxygens (including phenoxy) is 1. The van der Waals surface area contributed by atoms with Crippen molar-refractivity contribution in [3.05, 3.63) is 60.3 Å². The van der Waals surface area contributed by atoms with Crippen LogP contribution in [0.15, 0.2) is 54.7 Å². The van der Waals surface area contributed by atoms with Gasteiger partial charge in [-0.05, 0) is 24.5 Å². The Morgan fingerprint density at radius 1 is 1.04 bits per heavy atom. The Bertz CT molecular complexity index is 812. The molecule has 6 nitrogen and oxygen atoms in total. The van der Waals surface area contributed by atoms with Crippen LogP contribution in [0.4, 0.5) is 0 Å². The van der Waals surface area contributed by atoms with Crippen molar-refractivity contribution in [1.29, 1.82) is 0 Å². The first-order valence-electron chi connectivity index (χ1n) is 9.90. The van der Waals surface area contributed by atoms with Crippen molar-refractivity contribution in [2.75, 3.05) is 19.6 Å². The zero-order valence-electron chi connectivity index (χ0n) is 15.9. The molecular weight excluding hydrogens is 354 g/mol. The van der Waals surface area contributed by atoms with Gasteiger partial charge in [0.2, 0.25) is 17.7 Å². The fourth-order valence-electron chi connectivity index (χ4n) is 4.02. The smallest absolute Gasteiger partial charge is 0.245 e. The molecule has 0 radical (unpaired) electrons. The van der Waals surface area contributed by atoms with E-state index >= 15 is 0 Å². The maximum Gasteiger partial charge on any atom is 0.245 e. The molecule has 2 aliphatic rings. The number of amides is 2. The van der Waals surface area contributed by atoms with Gasteiger partial charge in [-0.25, -0.2) is 4.98 Å². The third kappa shape index (κ3) is 4.16. The molecule has 0 bridgehead atoms. The highest BCUT2D eigenvalue weighted by molar-refractivity contribution is 5.89. The first-order chi connectivity index (χ1) is 13.7. The summed E-state index contributed by atoms with van der Waals surface area (Å²) in [7, 11) is 0. The number of hydrogen-bond donors (Lipinski definition) is 0. The van der Waals surface area contributed by atoms with E-state index in [1.165, 1.54) is 0 Å². The van der Waals surface area contributed by atoms with Gasteiger partial charge in [0.05, 0.1) is 13.0 Å². The Morgan fingerprint density at radius 2 is 1.86 bits per heavy atom. The summed E-state index contributed by atoms with van der Waals surface area (Å²) in [6, 6.07) is 14.9. The maximum atomic E-state index is 13.1. The largest absolute Gasteiger partial charge is 0.472 e. The van der Waals surface area contributed by atoms with E-state index in [1.807, 2.05) is 53.4 Å². The molecule has 1 aromatic heterocycles. The molecule has 4 rings (SSSR count). The highest BCUT2D eigenvalue weighted by Gasteiger charge is 2.39. The number of benzene rings is 1. The molecule has 2 saturated heterocycles. The minimum Gasteiger partial charge on any atom is -0.472 e. The van der Waals surface area contributed by atoms with Gasteiger partial charge in [0.25, 0.3) is 0 Å². The number of hydrogen-bond acceptors (Lipinski definition) is 4. The van der Waals surface area contributed by atoms with Gasteiger partial charge >= 0.3 is 0 Å². The molecule has 0 spiro atoms. The van der Waals surface area contributed by atoms with Crippen LogP contribution in [0.1, 0.15) is 24.8 Å². The molecule has 0 saturated carbocycles. The van der Waals surface area contributed by atoms with E-state index in [-0.39, 0.29) is 24.0 Å². The van der Waals surface area contributed by atoms with Crippen molar-refractivity contribution in [3.8, 4) is 5.88 Å². The summed E-state index contributed by atoms with van der Waals surface area (Å²) in [5.74, 6) is 0.663. The van der Waals surface area contributed by atoms with E-state index in [2.05, 4.69) is 4.98 Å². The van der Waals surface area contributed by atoms with Gasteiger partial charge in [-0.3, -0.25) is 9.59 Å². The number of aromatic nitrogens is 1. The number of carbonyl (C=O) groups excluding carboxylic acids is 2. The summed E-state index contributed by atoms with van der Waals surface area (Å²) in [4.78, 5) is 33.6. The Kier molecular flexibility index (Phi) is 5.55. The van der Waals surface area contributed by atoms with E-state index in [0.717, 1.165) is 24.8 Å². The van der Waals surface area contributed by atoms with Gasteiger partial charge in [-0.1, -0.05) is 36.4 Å². The first-order valence-corrected chi connectivity index (χ1v) is 9.90. The molecule has 2 fully saturated rings. The van der Waals surface area contributed by atoms with Crippen LogP contribution in [0, 0.1) is 0 Å². The second kappa shape index (κ2) is 8.42. The van der Waals surface area contributed by atoms with Crippen LogP contribution in [0.5, 0.6) is 5.88 Å². The van der Waals surface area contributed by atoms with Gasteiger partial charge in [0.1, 0.15) is 12.1 Å². The Balaban J connectivity index is 1.35. The van der Waals surface area contributed by atoms with Crippen molar-refractivity contribution in [3.63, 3.8) is 0 Å². The average Bonchev–Trinajstić information content (AvgIpc) is 3.39. The number of nitrogens with zero attached hydrogens (tertiary/aromatic N) is 3. The number of likely N-dealkylation sites (tertiary alicyclic amines) is 2. The third-order valence-corrected chi connectivity index (χ3v) is 5.44. The van der Waals surface area contributed by atoms with Crippen LogP contribution in [-0.4, -0.2) is 58.4 Å². The predicted molar refractivity (Wildman–Crippen MR) is 105 cm³/mol. The van der Waals surface area contributed by atoms with E-state index in [1.54, 1.807) is 11.1 Å². The van der Waals surface area contributed by atoms with Crippen molar-refractivity contribution in [1.82, 2.24) is 14.8 Å². The average molecular weight is 379 g/mol. The fourth-order valence-corrected chi connectivity index (χ4v) is 4.02. The number of rotatable bonds is 5. The van der Waals surface area contributed by atoms with Crippen LogP contribution in [-0.2, 0) is 16.0 Å². The summed E-state index contributed by atoms with van der Waals surface area (Å²) >= 11 is 0. The summed E-state index contributed by atoms with van der Waals surface area (Å²) in [6.45, 7) is 1.87. The van der Waals surface area contributed by atoms with Gasteiger partial charge in [-0.15, -0.1) is 0 Å². The Morgan fingerprint density at radius 3 is 2.64 bits per heavy atom. The van der Waals surface area contributed by atoms with Crippen LogP contribution >= 0.6 is 0 Å². The van der Waals surface area contributed by atoms with Crippen LogP contribution in [0.3, 0.4) is 0 Å². The lowest BCUT2D eigenvalue weighted by Gasteiger charge is -2.28. The summed E-state index contributed by atoms with van der Waals surface area (Å²) in [6.07, 6.45) is 4.39. The minimum atomic E-state index is -0.343. The number of pyridine rings is 1. The molecule has 6 heteroatoms. The summed E-state index contributed by atoms with van der Waals surface area (Å²) in [5.41, 5.74) is 0.982. The molecule has 2 aliphatic heterocycles. The minimum absolute atomic E-state index is 0.0301. The predicted octanol–water partition coefficient (Wildman–Crippen LogP) is 2.30. The molecule has 0 N–H and O–H groups in total. The van der Waals surface area contributed by atoms with Crippen LogP contribution in [0.25, 0.3) is 0 Å². The molecule has 28 heavy (non-hydrogen) atoms. The summed E-state index contributed by atoms with van der Waals surface area (Å²) in [5, 5.41) is 0. The molecule has 1 aromatic carbocycles. The standard InChI is InChI=1S/C22H25N3O3/c26-21(15-17-7-2-1-3-8-17)25-13-6-9-19(25)22(27)24-14-11-18(16-24)28-20-10-4-5-12-23-20/h1-5,7-8,10,12,18-19H,6,9,11,13-16H2. The van der Waals surface area contributed by atoms with Crippen molar-refractivity contribution in [2.24, 2.45) is 0 Å². The molecule has 2 aromatic rings. The van der Waals surface area contributed by atoms with Crippen molar-refractivity contribution < 1.29 is 14.3 Å². The topological polar surface area (TPSA) is 62.7 Å². The highest BCUT2D eigenvalue weighted by Crippen LogP contribution is 2.24. The zero-order chi connectivity index (χ0) is 19.3. The SMILES string of the molecule is O=C(C1CCCN1C(=O)Cc1ccccc1)N1CCC(Oc2ccccn2)C1. The second-order valence-corrected chi connectivity index (χ2v) is 7.39. The van der Waals surface area contributed by atoms with Gasteiger partial charge < -0.3 is 14.5 Å². The monoisotopic (exact) mass is 379 g/mol. The molecular formula is C22H25N3O3. The van der Waals surface area contributed by atoms with Crippen molar-refractivity contribution in [2.45, 2.75) is 37.8 Å². The molecule has 3 heterocycles.